The van der Waals surface area contributed by atoms with E-state index in [1.165, 1.54) is 19.2 Å². The third-order valence-electron chi connectivity index (χ3n) is 3.82. The predicted octanol–water partition coefficient (Wildman–Crippen LogP) is 0.905. The molecule has 6 nitrogen and oxygen atoms in total. The molecule has 1 amide bonds. The molecule has 112 valence electrons. The van der Waals surface area contributed by atoms with Crippen molar-refractivity contribution in [3.8, 4) is 0 Å². The first-order chi connectivity index (χ1) is 9.66. The van der Waals surface area contributed by atoms with Gasteiger partial charge in [-0.3, -0.25) is 9.48 Å². The normalized spacial score (nSPS) is 19.2. The van der Waals surface area contributed by atoms with Crippen LogP contribution in [-0.4, -0.2) is 51.2 Å². The zero-order chi connectivity index (χ0) is 14.4. The van der Waals surface area contributed by atoms with Crippen molar-refractivity contribution in [1.29, 1.82) is 0 Å². The van der Waals surface area contributed by atoms with Gasteiger partial charge in [0, 0.05) is 19.0 Å². The standard InChI is InChI=1S/C14H25N5O/c1-12(2)19(9-13-4-3-6-15-8-13)14(20)5-7-18-11-16-10-17-18/h10-13,15H,3-9H2,1-2H3. The Balaban J connectivity index is 1.84. The SMILES string of the molecule is CC(C)N(CC1CCCNC1)C(=O)CCn1cncn1. The summed E-state index contributed by atoms with van der Waals surface area (Å²) in [5.74, 6) is 0.794. The fraction of sp³-hybridized carbons (Fsp3) is 0.786. The third kappa shape index (κ3) is 4.30. The van der Waals surface area contributed by atoms with Crippen molar-refractivity contribution < 1.29 is 4.79 Å². The molecule has 1 N–H and O–H groups in total. The maximum Gasteiger partial charge on any atom is 0.224 e. The molecule has 0 radical (unpaired) electrons. The fourth-order valence-corrected chi connectivity index (χ4v) is 2.66. The van der Waals surface area contributed by atoms with Crippen LogP contribution in [-0.2, 0) is 11.3 Å². The van der Waals surface area contributed by atoms with E-state index in [4.69, 9.17) is 0 Å². The van der Waals surface area contributed by atoms with Crippen molar-refractivity contribution in [2.75, 3.05) is 19.6 Å². The molecule has 1 aliphatic rings. The van der Waals surface area contributed by atoms with Crippen LogP contribution in [0.3, 0.4) is 0 Å². The van der Waals surface area contributed by atoms with Crippen LogP contribution in [0.4, 0.5) is 0 Å². The molecule has 1 fully saturated rings. The number of rotatable bonds is 6. The van der Waals surface area contributed by atoms with E-state index in [0.717, 1.165) is 19.6 Å². The zero-order valence-corrected chi connectivity index (χ0v) is 12.5. The van der Waals surface area contributed by atoms with E-state index in [1.807, 2.05) is 4.90 Å². The minimum Gasteiger partial charge on any atom is -0.340 e. The average molecular weight is 279 g/mol. The summed E-state index contributed by atoms with van der Waals surface area (Å²) in [7, 11) is 0. The molecule has 2 rings (SSSR count). The Kier molecular flexibility index (Phi) is 5.52. The smallest absolute Gasteiger partial charge is 0.224 e. The van der Waals surface area contributed by atoms with Gasteiger partial charge in [-0.25, -0.2) is 4.98 Å². The van der Waals surface area contributed by atoms with E-state index < -0.39 is 0 Å². The largest absolute Gasteiger partial charge is 0.340 e. The van der Waals surface area contributed by atoms with Crippen LogP contribution in [0.25, 0.3) is 0 Å². The molecule has 1 saturated heterocycles. The summed E-state index contributed by atoms with van der Waals surface area (Å²) in [6.07, 6.45) is 6.06. The first-order valence-corrected chi connectivity index (χ1v) is 7.49. The number of nitrogens with one attached hydrogen (secondary N) is 1. The molecule has 1 aromatic rings. The maximum absolute atomic E-state index is 12.4. The van der Waals surface area contributed by atoms with Gasteiger partial charge in [-0.2, -0.15) is 5.10 Å². The van der Waals surface area contributed by atoms with Gasteiger partial charge in [-0.05, 0) is 45.7 Å². The minimum atomic E-state index is 0.209. The number of aryl methyl sites for hydroxylation is 1. The van der Waals surface area contributed by atoms with Crippen molar-refractivity contribution in [1.82, 2.24) is 25.0 Å². The topological polar surface area (TPSA) is 63.1 Å². The molecular formula is C14H25N5O. The van der Waals surface area contributed by atoms with Crippen LogP contribution in [0.5, 0.6) is 0 Å². The second-order valence-electron chi connectivity index (χ2n) is 5.76. The quantitative estimate of drug-likeness (QED) is 0.840. The van der Waals surface area contributed by atoms with Gasteiger partial charge < -0.3 is 10.2 Å². The van der Waals surface area contributed by atoms with Gasteiger partial charge in [0.25, 0.3) is 0 Å². The van der Waals surface area contributed by atoms with Crippen molar-refractivity contribution in [2.24, 2.45) is 5.92 Å². The first kappa shape index (κ1) is 15.0. The number of carbonyl (C=O) groups is 1. The summed E-state index contributed by atoms with van der Waals surface area (Å²) in [4.78, 5) is 18.3. The minimum absolute atomic E-state index is 0.209. The van der Waals surface area contributed by atoms with Crippen LogP contribution in [0, 0.1) is 5.92 Å². The second kappa shape index (κ2) is 7.38. The first-order valence-electron chi connectivity index (χ1n) is 7.49. The third-order valence-corrected chi connectivity index (χ3v) is 3.82. The monoisotopic (exact) mass is 279 g/mol. The van der Waals surface area contributed by atoms with Crippen molar-refractivity contribution in [2.45, 2.75) is 45.7 Å². The molecule has 1 aliphatic heterocycles. The Morgan fingerprint density at radius 3 is 3.00 bits per heavy atom. The van der Waals surface area contributed by atoms with Gasteiger partial charge >= 0.3 is 0 Å². The van der Waals surface area contributed by atoms with Crippen LogP contribution in [0.15, 0.2) is 12.7 Å². The lowest BCUT2D eigenvalue weighted by atomic mass is 9.98. The van der Waals surface area contributed by atoms with Crippen LogP contribution < -0.4 is 5.32 Å². The molecule has 0 bridgehead atoms. The Morgan fingerprint density at radius 1 is 1.55 bits per heavy atom. The Morgan fingerprint density at radius 2 is 2.40 bits per heavy atom. The number of aromatic nitrogens is 3. The lowest BCUT2D eigenvalue weighted by molar-refractivity contribution is -0.134. The fourth-order valence-electron chi connectivity index (χ4n) is 2.66. The molecular weight excluding hydrogens is 254 g/mol. The summed E-state index contributed by atoms with van der Waals surface area (Å²) in [6.45, 7) is 7.77. The summed E-state index contributed by atoms with van der Waals surface area (Å²) in [5.41, 5.74) is 0. The molecule has 0 aliphatic carbocycles. The van der Waals surface area contributed by atoms with E-state index >= 15 is 0 Å². The highest BCUT2D eigenvalue weighted by atomic mass is 16.2. The van der Waals surface area contributed by atoms with Crippen LogP contribution in [0.1, 0.15) is 33.1 Å². The predicted molar refractivity (Wildman–Crippen MR) is 77.1 cm³/mol. The number of amides is 1. The zero-order valence-electron chi connectivity index (χ0n) is 12.5. The number of nitrogens with zero attached hydrogens (tertiary/aromatic N) is 4. The highest BCUT2D eigenvalue weighted by Gasteiger charge is 2.22. The summed E-state index contributed by atoms with van der Waals surface area (Å²) in [5, 5.41) is 7.44. The second-order valence-corrected chi connectivity index (χ2v) is 5.76. The maximum atomic E-state index is 12.4. The van der Waals surface area contributed by atoms with Gasteiger partial charge in [0.15, 0.2) is 0 Å². The van der Waals surface area contributed by atoms with Crippen LogP contribution in [0.2, 0.25) is 0 Å². The molecule has 20 heavy (non-hydrogen) atoms. The van der Waals surface area contributed by atoms with E-state index in [2.05, 4.69) is 29.2 Å². The van der Waals surface area contributed by atoms with Gasteiger partial charge in [-0.1, -0.05) is 0 Å². The Labute approximate surface area is 120 Å². The number of piperidine rings is 1. The summed E-state index contributed by atoms with van der Waals surface area (Å²) < 4.78 is 1.71. The molecule has 0 spiro atoms. The lowest BCUT2D eigenvalue weighted by Gasteiger charge is -2.33. The molecule has 0 aromatic carbocycles. The van der Waals surface area contributed by atoms with E-state index in [-0.39, 0.29) is 11.9 Å². The van der Waals surface area contributed by atoms with Crippen molar-refractivity contribution in [3.05, 3.63) is 12.7 Å². The molecule has 1 aromatic heterocycles. The van der Waals surface area contributed by atoms with Gasteiger partial charge in [0.05, 0.1) is 6.54 Å². The van der Waals surface area contributed by atoms with E-state index in [0.29, 0.717) is 18.9 Å². The molecule has 0 saturated carbocycles. The lowest BCUT2D eigenvalue weighted by Crippen LogP contribution is -2.44. The van der Waals surface area contributed by atoms with Gasteiger partial charge in [-0.15, -0.1) is 0 Å². The summed E-state index contributed by atoms with van der Waals surface area (Å²) in [6, 6.07) is 0.250. The summed E-state index contributed by atoms with van der Waals surface area (Å²) >= 11 is 0. The van der Waals surface area contributed by atoms with Crippen LogP contribution >= 0.6 is 0 Å². The Hall–Kier alpha value is -1.43. The number of hydrogen-bond acceptors (Lipinski definition) is 4. The average Bonchev–Trinajstić information content (AvgIpc) is 2.96. The van der Waals surface area contributed by atoms with E-state index in [1.54, 1.807) is 11.0 Å². The van der Waals surface area contributed by atoms with E-state index in [9.17, 15) is 4.79 Å². The molecule has 1 unspecified atom stereocenters. The molecule has 1 atom stereocenters. The highest BCUT2D eigenvalue weighted by molar-refractivity contribution is 5.76. The highest BCUT2D eigenvalue weighted by Crippen LogP contribution is 2.14. The molecule has 2 heterocycles. The van der Waals surface area contributed by atoms with Crippen molar-refractivity contribution >= 4 is 5.91 Å². The number of hydrogen-bond donors (Lipinski definition) is 1. The Bertz CT molecular complexity index is 398. The van der Waals surface area contributed by atoms with Crippen molar-refractivity contribution in [3.63, 3.8) is 0 Å². The number of carbonyl (C=O) groups excluding carboxylic acids is 1. The van der Waals surface area contributed by atoms with Gasteiger partial charge in [0.2, 0.25) is 5.91 Å². The van der Waals surface area contributed by atoms with Gasteiger partial charge in [0.1, 0.15) is 12.7 Å². The molecule has 6 heteroatoms.